The summed E-state index contributed by atoms with van der Waals surface area (Å²) in [6, 6.07) is 0. The zero-order valence-corrected chi connectivity index (χ0v) is 16.6. The van der Waals surface area contributed by atoms with Crippen molar-refractivity contribution in [2.75, 3.05) is 26.2 Å². The van der Waals surface area contributed by atoms with Gasteiger partial charge in [0.2, 0.25) is 0 Å². The number of carbonyl (C=O) groups excluding carboxylic acids is 1. The van der Waals surface area contributed by atoms with Crippen molar-refractivity contribution < 1.29 is 9.32 Å². The number of unbranched alkanes of at least 4 members (excludes halogenated alkanes) is 9. The summed E-state index contributed by atoms with van der Waals surface area (Å²) in [4.78, 5) is 11.8. The number of hydrogen-bond donors (Lipinski definition) is 0. The molecule has 0 heterocycles. The molecule has 0 amide bonds. The molecule has 0 aromatic heterocycles. The first-order chi connectivity index (χ1) is 10.2. The van der Waals surface area contributed by atoms with Crippen molar-refractivity contribution >= 4 is 12.8 Å². The van der Waals surface area contributed by atoms with Crippen molar-refractivity contribution in [1.29, 1.82) is 0 Å². The Balaban J connectivity index is 3.72. The molecule has 0 saturated heterocycles. The van der Waals surface area contributed by atoms with Gasteiger partial charge in [0, 0.05) is 0 Å². The van der Waals surface area contributed by atoms with E-state index in [0.29, 0.717) is 5.57 Å². The van der Waals surface area contributed by atoms with Crippen LogP contribution >= 0.6 is 6.83 Å². The van der Waals surface area contributed by atoms with Crippen LogP contribution in [-0.2, 0) is 9.32 Å². The van der Waals surface area contributed by atoms with E-state index in [2.05, 4.69) is 33.5 Å². The van der Waals surface area contributed by atoms with Crippen LogP contribution in [0.15, 0.2) is 12.2 Å². The summed E-state index contributed by atoms with van der Waals surface area (Å²) in [7, 11) is 0. The van der Waals surface area contributed by atoms with Crippen molar-refractivity contribution in [2.45, 2.75) is 78.1 Å². The van der Waals surface area contributed by atoms with Gasteiger partial charge in [0.1, 0.15) is 0 Å². The summed E-state index contributed by atoms with van der Waals surface area (Å²) >= 11 is 0. The third-order valence-electron chi connectivity index (χ3n) is 4.04. The van der Waals surface area contributed by atoms with Gasteiger partial charge in [0.25, 0.3) is 0 Å². The molecule has 0 aromatic carbocycles. The van der Waals surface area contributed by atoms with E-state index in [4.69, 9.17) is 4.52 Å². The van der Waals surface area contributed by atoms with Crippen LogP contribution in [0, 0.1) is 0 Å². The van der Waals surface area contributed by atoms with Gasteiger partial charge in [-0.1, -0.05) is 0 Å². The normalized spacial score (nSPS) is 13.4. The van der Waals surface area contributed by atoms with E-state index in [-0.39, 0.29) is 5.97 Å². The Kier molecular flexibility index (Phi) is 10.3. The van der Waals surface area contributed by atoms with Crippen molar-refractivity contribution in [2.24, 2.45) is 0 Å². The van der Waals surface area contributed by atoms with Crippen molar-refractivity contribution in [1.82, 2.24) is 0 Å². The fourth-order valence-corrected chi connectivity index (χ4v) is 4.73. The Morgan fingerprint density at radius 3 is 1.68 bits per heavy atom. The molecule has 0 aliphatic carbocycles. The third kappa shape index (κ3) is 12.2. The van der Waals surface area contributed by atoms with Crippen LogP contribution in [0.25, 0.3) is 0 Å². The predicted octanol–water partition coefficient (Wildman–Crippen LogP) is 6.38. The molecule has 0 unspecified atom stereocenters. The summed E-state index contributed by atoms with van der Waals surface area (Å²) in [5.41, 5.74) is 0.502. The van der Waals surface area contributed by atoms with E-state index in [1.165, 1.54) is 64.2 Å². The zero-order valence-electron chi connectivity index (χ0n) is 15.7. The molecule has 0 fully saturated rings. The van der Waals surface area contributed by atoms with E-state index in [1.807, 2.05) is 0 Å². The fourth-order valence-electron chi connectivity index (χ4n) is 2.57. The standard InChI is InChI=1S/C19H39O2P/c1-7-8-9-10-11-12-13-14-15-16-17-22(4,5,6)21-19(20)18(2)3/h2,7-17H2,1,3-6H3. The van der Waals surface area contributed by atoms with E-state index in [0.717, 1.165) is 6.16 Å². The molecule has 2 nitrogen and oxygen atoms in total. The Morgan fingerprint density at radius 2 is 1.27 bits per heavy atom. The minimum absolute atomic E-state index is 0.225. The first-order valence-corrected chi connectivity index (χ1v) is 12.7. The molecular formula is C19H39O2P. The second-order valence-electron chi connectivity index (χ2n) is 8.03. The first kappa shape index (κ1) is 21.6. The molecule has 0 radical (unpaired) electrons. The Labute approximate surface area is 139 Å². The van der Waals surface area contributed by atoms with Crippen LogP contribution in [0.1, 0.15) is 78.1 Å². The van der Waals surface area contributed by atoms with Gasteiger partial charge in [-0.05, 0) is 0 Å². The van der Waals surface area contributed by atoms with Gasteiger partial charge in [0.05, 0.1) is 0 Å². The molecule has 0 bridgehead atoms. The molecule has 0 atom stereocenters. The average Bonchev–Trinajstić information content (AvgIpc) is 2.39. The van der Waals surface area contributed by atoms with Crippen molar-refractivity contribution in [3.8, 4) is 0 Å². The fraction of sp³-hybridized carbons (Fsp3) is 0.842. The van der Waals surface area contributed by atoms with Gasteiger partial charge in [-0.3, -0.25) is 0 Å². The van der Waals surface area contributed by atoms with Gasteiger partial charge >= 0.3 is 138 Å². The maximum absolute atomic E-state index is 11.8. The molecule has 22 heavy (non-hydrogen) atoms. The summed E-state index contributed by atoms with van der Waals surface area (Å²) in [5, 5.41) is 0. The minimum atomic E-state index is -2.30. The van der Waals surface area contributed by atoms with Crippen LogP contribution in [0.3, 0.4) is 0 Å². The van der Waals surface area contributed by atoms with Gasteiger partial charge in [0.15, 0.2) is 0 Å². The van der Waals surface area contributed by atoms with Crippen LogP contribution in [0.4, 0.5) is 0 Å². The molecular weight excluding hydrogens is 291 g/mol. The second kappa shape index (κ2) is 10.4. The molecule has 3 heteroatoms. The van der Waals surface area contributed by atoms with Crippen molar-refractivity contribution in [3.05, 3.63) is 12.2 Å². The van der Waals surface area contributed by atoms with Gasteiger partial charge < -0.3 is 0 Å². The summed E-state index contributed by atoms with van der Waals surface area (Å²) in [5.74, 6) is -0.225. The summed E-state index contributed by atoms with van der Waals surface area (Å²) in [6.45, 7) is 11.8. The zero-order chi connectivity index (χ0) is 17.1. The average molecular weight is 330 g/mol. The molecule has 0 rings (SSSR count). The molecule has 0 saturated carbocycles. The summed E-state index contributed by atoms with van der Waals surface area (Å²) < 4.78 is 5.76. The molecule has 0 aliphatic rings. The SMILES string of the molecule is C=C(C)C(=O)OP(C)(C)(C)CCCCCCCCCCCC. The van der Waals surface area contributed by atoms with E-state index in [9.17, 15) is 4.79 Å². The quantitative estimate of drug-likeness (QED) is 0.222. The van der Waals surface area contributed by atoms with Crippen LogP contribution in [0.5, 0.6) is 0 Å². The Morgan fingerprint density at radius 1 is 0.864 bits per heavy atom. The maximum atomic E-state index is 11.8. The van der Waals surface area contributed by atoms with Crippen molar-refractivity contribution in [3.63, 3.8) is 0 Å². The topological polar surface area (TPSA) is 26.3 Å². The third-order valence-corrected chi connectivity index (χ3v) is 6.73. The number of carbonyl (C=O) groups is 1. The molecule has 132 valence electrons. The molecule has 0 aromatic rings. The first-order valence-electron chi connectivity index (χ1n) is 9.06. The van der Waals surface area contributed by atoms with E-state index < -0.39 is 6.83 Å². The van der Waals surface area contributed by atoms with Crippen LogP contribution in [-0.4, -0.2) is 32.1 Å². The Hall–Kier alpha value is -0.360. The van der Waals surface area contributed by atoms with Crippen LogP contribution < -0.4 is 0 Å². The molecule has 0 spiro atoms. The van der Waals surface area contributed by atoms with Gasteiger partial charge in [-0.25, -0.2) is 0 Å². The Bertz CT molecular complexity index is 339. The number of rotatable bonds is 13. The summed E-state index contributed by atoms with van der Waals surface area (Å²) in [6.07, 6.45) is 14.4. The predicted molar refractivity (Wildman–Crippen MR) is 102 cm³/mol. The second-order valence-corrected chi connectivity index (χ2v) is 14.6. The van der Waals surface area contributed by atoms with Crippen LogP contribution in [0.2, 0.25) is 0 Å². The molecule has 0 aliphatic heterocycles. The van der Waals surface area contributed by atoms with E-state index >= 15 is 0 Å². The van der Waals surface area contributed by atoms with E-state index in [1.54, 1.807) is 6.92 Å². The monoisotopic (exact) mass is 330 g/mol. The molecule has 0 N–H and O–H groups in total. The van der Waals surface area contributed by atoms with Gasteiger partial charge in [-0.15, -0.1) is 0 Å². The van der Waals surface area contributed by atoms with Gasteiger partial charge in [-0.2, -0.15) is 0 Å². The number of hydrogen-bond acceptors (Lipinski definition) is 2.